The first-order valence-corrected chi connectivity index (χ1v) is 11.5. The van der Waals surface area contributed by atoms with E-state index < -0.39 is 0 Å². The quantitative estimate of drug-likeness (QED) is 0.604. The Bertz CT molecular complexity index is 1030. The lowest BCUT2D eigenvalue weighted by Gasteiger charge is -2.31. The lowest BCUT2D eigenvalue weighted by atomic mass is 9.96. The van der Waals surface area contributed by atoms with Crippen LogP contribution in [0.4, 0.5) is 10.9 Å². The number of anilines is 2. The Morgan fingerprint density at radius 1 is 1.23 bits per heavy atom. The van der Waals surface area contributed by atoms with E-state index in [1.165, 1.54) is 17.5 Å². The number of carbonyl (C=O) groups is 2. The minimum Gasteiger partial charge on any atom is -0.310 e. The van der Waals surface area contributed by atoms with E-state index in [1.807, 2.05) is 31.2 Å². The molecule has 0 spiro atoms. The van der Waals surface area contributed by atoms with Gasteiger partial charge < -0.3 is 5.32 Å². The molecule has 0 saturated carbocycles. The zero-order valence-corrected chi connectivity index (χ0v) is 18.8. The van der Waals surface area contributed by atoms with Gasteiger partial charge in [-0.1, -0.05) is 35.1 Å². The lowest BCUT2D eigenvalue weighted by molar-refractivity contribution is -0.122. The zero-order valence-electron chi connectivity index (χ0n) is 17.3. The Kier molecular flexibility index (Phi) is 6.80. The standard InChI is InChI=1S/C22H24ClN5O2S/c1-2-28(22-25-17-5-3-4-6-18(17)31-22)20(29)14-27-11-9-15(10-12-27)21(30)26-19-8-7-16(23)13-24-19/h3-8,13,15H,2,9-12,14H2,1H3,(H,24,26,30). The summed E-state index contributed by atoms with van der Waals surface area (Å²) in [5.74, 6) is 0.414. The number of thiazole rings is 1. The average Bonchev–Trinajstić information content (AvgIpc) is 3.20. The second-order valence-corrected chi connectivity index (χ2v) is 8.95. The van der Waals surface area contributed by atoms with Gasteiger partial charge in [-0.05, 0) is 57.1 Å². The predicted octanol–water partition coefficient (Wildman–Crippen LogP) is 4.05. The molecule has 31 heavy (non-hydrogen) atoms. The summed E-state index contributed by atoms with van der Waals surface area (Å²) in [6, 6.07) is 11.3. The summed E-state index contributed by atoms with van der Waals surface area (Å²) < 4.78 is 1.07. The topological polar surface area (TPSA) is 78.4 Å². The Balaban J connectivity index is 1.30. The van der Waals surface area contributed by atoms with Gasteiger partial charge in [-0.25, -0.2) is 9.97 Å². The van der Waals surface area contributed by atoms with E-state index in [0.717, 1.165) is 15.3 Å². The van der Waals surface area contributed by atoms with Crippen molar-refractivity contribution >= 4 is 55.9 Å². The van der Waals surface area contributed by atoms with E-state index >= 15 is 0 Å². The number of aromatic nitrogens is 2. The fourth-order valence-corrected chi connectivity index (χ4v) is 4.86. The van der Waals surface area contributed by atoms with E-state index in [1.54, 1.807) is 17.0 Å². The van der Waals surface area contributed by atoms with E-state index in [2.05, 4.69) is 20.2 Å². The van der Waals surface area contributed by atoms with Crippen molar-refractivity contribution < 1.29 is 9.59 Å². The lowest BCUT2D eigenvalue weighted by Crippen LogP contribution is -2.45. The molecule has 1 N–H and O–H groups in total. The molecule has 1 fully saturated rings. The molecule has 3 aromatic rings. The third kappa shape index (κ3) is 5.20. The molecule has 7 nitrogen and oxygen atoms in total. The highest BCUT2D eigenvalue weighted by atomic mass is 35.5. The molecular formula is C22H24ClN5O2S. The van der Waals surface area contributed by atoms with E-state index in [0.29, 0.717) is 49.9 Å². The van der Waals surface area contributed by atoms with Crippen molar-refractivity contribution in [3.63, 3.8) is 0 Å². The molecule has 0 bridgehead atoms. The molecule has 162 valence electrons. The van der Waals surface area contributed by atoms with Crippen molar-refractivity contribution in [3.8, 4) is 0 Å². The fourth-order valence-electron chi connectivity index (χ4n) is 3.70. The summed E-state index contributed by atoms with van der Waals surface area (Å²) in [6.07, 6.45) is 2.93. The first-order valence-electron chi connectivity index (χ1n) is 10.3. The molecule has 1 aliphatic heterocycles. The number of piperidine rings is 1. The number of likely N-dealkylation sites (tertiary alicyclic amines) is 1. The third-order valence-electron chi connectivity index (χ3n) is 5.43. The number of benzene rings is 1. The van der Waals surface area contributed by atoms with E-state index in [9.17, 15) is 9.59 Å². The Hall–Kier alpha value is -2.55. The number of nitrogens with zero attached hydrogens (tertiary/aromatic N) is 4. The van der Waals surface area contributed by atoms with E-state index in [-0.39, 0.29) is 17.7 Å². The van der Waals surface area contributed by atoms with Crippen LogP contribution in [0.3, 0.4) is 0 Å². The smallest absolute Gasteiger partial charge is 0.242 e. The molecule has 0 aliphatic carbocycles. The molecule has 0 atom stereocenters. The number of likely N-dealkylation sites (N-methyl/N-ethyl adjacent to an activating group) is 1. The number of nitrogens with one attached hydrogen (secondary N) is 1. The van der Waals surface area contributed by atoms with Crippen molar-refractivity contribution in [2.24, 2.45) is 5.92 Å². The van der Waals surface area contributed by atoms with Gasteiger partial charge in [-0.15, -0.1) is 0 Å². The summed E-state index contributed by atoms with van der Waals surface area (Å²) in [7, 11) is 0. The first kappa shape index (κ1) is 21.7. The minimum absolute atomic E-state index is 0.0366. The van der Waals surface area contributed by atoms with Gasteiger partial charge >= 0.3 is 0 Å². The molecule has 0 radical (unpaired) electrons. The van der Waals surface area contributed by atoms with Gasteiger partial charge in [0.25, 0.3) is 0 Å². The number of para-hydroxylation sites is 1. The maximum absolute atomic E-state index is 13.0. The number of carbonyl (C=O) groups excluding carboxylic acids is 2. The highest BCUT2D eigenvalue weighted by molar-refractivity contribution is 7.22. The zero-order chi connectivity index (χ0) is 21.8. The van der Waals surface area contributed by atoms with Crippen LogP contribution in [0, 0.1) is 5.92 Å². The summed E-state index contributed by atoms with van der Waals surface area (Å²) in [6.45, 7) is 4.28. The van der Waals surface area contributed by atoms with Gasteiger partial charge in [0.2, 0.25) is 11.8 Å². The number of fused-ring (bicyclic) bond motifs is 1. The summed E-state index contributed by atoms with van der Waals surface area (Å²) in [5, 5.41) is 4.11. The van der Waals surface area contributed by atoms with Crippen LogP contribution in [-0.2, 0) is 9.59 Å². The van der Waals surface area contributed by atoms with Crippen LogP contribution in [0.5, 0.6) is 0 Å². The van der Waals surface area contributed by atoms with Gasteiger partial charge in [0.15, 0.2) is 5.13 Å². The molecule has 1 aliphatic rings. The van der Waals surface area contributed by atoms with Crippen molar-refractivity contribution in [3.05, 3.63) is 47.6 Å². The molecule has 0 unspecified atom stereocenters. The number of hydrogen-bond acceptors (Lipinski definition) is 6. The molecule has 2 amide bonds. The molecule has 1 saturated heterocycles. The number of pyridine rings is 1. The van der Waals surface area contributed by atoms with Crippen LogP contribution < -0.4 is 10.2 Å². The Morgan fingerprint density at radius 2 is 2.00 bits per heavy atom. The molecular weight excluding hydrogens is 434 g/mol. The largest absolute Gasteiger partial charge is 0.310 e. The summed E-state index contributed by atoms with van der Waals surface area (Å²) >= 11 is 7.37. The van der Waals surface area contributed by atoms with Crippen LogP contribution >= 0.6 is 22.9 Å². The van der Waals surface area contributed by atoms with Gasteiger partial charge in [0, 0.05) is 18.7 Å². The highest BCUT2D eigenvalue weighted by Crippen LogP contribution is 2.29. The summed E-state index contributed by atoms with van der Waals surface area (Å²) in [4.78, 5) is 38.1. The first-order chi connectivity index (χ1) is 15.0. The third-order valence-corrected chi connectivity index (χ3v) is 6.71. The van der Waals surface area contributed by atoms with Crippen molar-refractivity contribution in [2.75, 3.05) is 36.4 Å². The number of rotatable bonds is 6. The summed E-state index contributed by atoms with van der Waals surface area (Å²) in [5.41, 5.74) is 0.913. The molecule has 9 heteroatoms. The molecule has 2 aromatic heterocycles. The Morgan fingerprint density at radius 3 is 2.68 bits per heavy atom. The van der Waals surface area contributed by atoms with Crippen molar-refractivity contribution in [1.29, 1.82) is 0 Å². The van der Waals surface area contributed by atoms with Crippen LogP contribution in [0.1, 0.15) is 19.8 Å². The highest BCUT2D eigenvalue weighted by Gasteiger charge is 2.28. The Labute approximate surface area is 190 Å². The van der Waals surface area contributed by atoms with Gasteiger partial charge in [0.05, 0.1) is 21.8 Å². The number of halogens is 1. The minimum atomic E-state index is -0.0876. The monoisotopic (exact) mass is 457 g/mol. The fraction of sp³-hybridized carbons (Fsp3) is 0.364. The van der Waals surface area contributed by atoms with Crippen molar-refractivity contribution in [1.82, 2.24) is 14.9 Å². The van der Waals surface area contributed by atoms with Crippen molar-refractivity contribution in [2.45, 2.75) is 19.8 Å². The second kappa shape index (κ2) is 9.72. The second-order valence-electron chi connectivity index (χ2n) is 7.50. The molecule has 4 rings (SSSR count). The number of hydrogen-bond donors (Lipinski definition) is 1. The molecule has 3 heterocycles. The van der Waals surface area contributed by atoms with Gasteiger partial charge in [-0.3, -0.25) is 19.4 Å². The average molecular weight is 458 g/mol. The van der Waals surface area contributed by atoms with Crippen LogP contribution in [-0.4, -0.2) is 52.9 Å². The van der Waals surface area contributed by atoms with Gasteiger partial charge in [-0.2, -0.15) is 0 Å². The van der Waals surface area contributed by atoms with E-state index in [4.69, 9.17) is 11.6 Å². The molecule has 1 aromatic carbocycles. The SMILES string of the molecule is CCN(C(=O)CN1CCC(C(=O)Nc2ccc(Cl)cn2)CC1)c1nc2ccccc2s1. The number of amides is 2. The van der Waals surface area contributed by atoms with Crippen LogP contribution in [0.25, 0.3) is 10.2 Å². The normalized spacial score (nSPS) is 15.2. The predicted molar refractivity (Wildman–Crippen MR) is 125 cm³/mol. The maximum Gasteiger partial charge on any atom is 0.242 e. The van der Waals surface area contributed by atoms with Crippen LogP contribution in [0.15, 0.2) is 42.6 Å². The van der Waals surface area contributed by atoms with Gasteiger partial charge in [0.1, 0.15) is 5.82 Å². The van der Waals surface area contributed by atoms with Crippen LogP contribution in [0.2, 0.25) is 5.02 Å². The maximum atomic E-state index is 13.0.